The molecule has 146 valence electrons. The van der Waals surface area contributed by atoms with Gasteiger partial charge in [0.15, 0.2) is 0 Å². The maximum absolute atomic E-state index is 4.40. The molecule has 0 atom stereocenters. The summed E-state index contributed by atoms with van der Waals surface area (Å²) in [5.74, 6) is 0. The fraction of sp³-hybridized carbons (Fsp3) is 0.591. The zero-order valence-electron chi connectivity index (χ0n) is 16.7. The second-order valence-corrected chi connectivity index (χ2v) is 9.29. The number of nitrogens with one attached hydrogen (secondary N) is 1. The third-order valence-electron chi connectivity index (χ3n) is 6.24. The molecule has 0 amide bonds. The first kappa shape index (κ1) is 18.9. The predicted octanol–water partition coefficient (Wildman–Crippen LogP) is 4.24. The van der Waals surface area contributed by atoms with Gasteiger partial charge in [-0.05, 0) is 64.8 Å². The van der Waals surface area contributed by atoms with Crippen LogP contribution in [0, 0.1) is 0 Å². The Balaban J connectivity index is 1.26. The van der Waals surface area contributed by atoms with Crippen molar-refractivity contribution in [2.45, 2.75) is 51.1 Å². The Labute approximate surface area is 167 Å². The first-order chi connectivity index (χ1) is 13.1. The van der Waals surface area contributed by atoms with Gasteiger partial charge in [-0.3, -0.25) is 4.90 Å². The van der Waals surface area contributed by atoms with Crippen molar-refractivity contribution in [3.8, 4) is 11.3 Å². The maximum atomic E-state index is 4.40. The molecule has 2 aromatic rings. The second-order valence-electron chi connectivity index (χ2n) is 8.57. The van der Waals surface area contributed by atoms with Gasteiger partial charge in [-0.1, -0.05) is 12.1 Å². The quantitative estimate of drug-likeness (QED) is 0.807. The van der Waals surface area contributed by atoms with Crippen LogP contribution in [0.4, 0.5) is 5.69 Å². The topological polar surface area (TPSA) is 31.4 Å². The third-order valence-corrected chi connectivity index (χ3v) is 6.83. The number of rotatable bonds is 6. The molecule has 0 unspecified atom stereocenters. The summed E-state index contributed by atoms with van der Waals surface area (Å²) < 4.78 is 0. The normalized spacial score (nSPS) is 19.7. The Kier molecular flexibility index (Phi) is 5.81. The molecule has 0 radical (unpaired) electrons. The summed E-state index contributed by atoms with van der Waals surface area (Å²) >= 11 is 1.65. The van der Waals surface area contributed by atoms with Gasteiger partial charge in [-0.25, -0.2) is 4.98 Å². The number of thiazole rings is 1. The Morgan fingerprint density at radius 2 is 1.78 bits per heavy atom. The summed E-state index contributed by atoms with van der Waals surface area (Å²) in [7, 11) is 0. The van der Waals surface area contributed by atoms with Crippen molar-refractivity contribution < 1.29 is 0 Å². The number of hydrogen-bond donors (Lipinski definition) is 1. The van der Waals surface area contributed by atoms with Crippen LogP contribution in [-0.4, -0.2) is 54.2 Å². The fourth-order valence-corrected chi connectivity index (χ4v) is 4.93. The summed E-state index contributed by atoms with van der Waals surface area (Å²) in [6.07, 6.45) is 5.18. The van der Waals surface area contributed by atoms with Crippen LogP contribution >= 0.6 is 11.3 Å². The van der Waals surface area contributed by atoms with Crippen molar-refractivity contribution in [1.29, 1.82) is 0 Å². The highest BCUT2D eigenvalue weighted by Gasteiger charge is 2.30. The average Bonchev–Trinajstić information content (AvgIpc) is 3.41. The van der Waals surface area contributed by atoms with Crippen molar-refractivity contribution in [2.75, 3.05) is 37.6 Å². The van der Waals surface area contributed by atoms with Crippen LogP contribution in [-0.2, 0) is 0 Å². The Bertz CT molecular complexity index is 696. The first-order valence-corrected chi connectivity index (χ1v) is 11.3. The fourth-order valence-electron chi connectivity index (χ4n) is 4.37. The van der Waals surface area contributed by atoms with Crippen LogP contribution in [0.5, 0.6) is 0 Å². The second kappa shape index (κ2) is 8.29. The van der Waals surface area contributed by atoms with E-state index in [0.29, 0.717) is 6.04 Å². The van der Waals surface area contributed by atoms with E-state index in [1.807, 2.05) is 5.51 Å². The summed E-state index contributed by atoms with van der Waals surface area (Å²) in [5, 5.41) is 5.97. The Morgan fingerprint density at radius 3 is 2.41 bits per heavy atom. The highest BCUT2D eigenvalue weighted by molar-refractivity contribution is 7.07. The van der Waals surface area contributed by atoms with Crippen molar-refractivity contribution >= 4 is 17.0 Å². The lowest BCUT2D eigenvalue weighted by molar-refractivity contribution is 0.145. The summed E-state index contributed by atoms with van der Waals surface area (Å²) in [4.78, 5) is 9.57. The monoisotopic (exact) mass is 384 g/mol. The van der Waals surface area contributed by atoms with Crippen LogP contribution in [0.25, 0.3) is 11.3 Å². The molecule has 1 aromatic carbocycles. The smallest absolute Gasteiger partial charge is 0.0811 e. The van der Waals surface area contributed by atoms with Crippen molar-refractivity contribution in [2.24, 2.45) is 0 Å². The SMILES string of the molecule is CC(C)(CNC1CCN(c2ccc(-c3cscn3)cc2)CC1)N1CCCC1. The van der Waals surface area contributed by atoms with Crippen molar-refractivity contribution in [3.63, 3.8) is 0 Å². The van der Waals surface area contributed by atoms with E-state index >= 15 is 0 Å². The summed E-state index contributed by atoms with van der Waals surface area (Å²) in [5.41, 5.74) is 5.80. The first-order valence-electron chi connectivity index (χ1n) is 10.3. The average molecular weight is 385 g/mol. The lowest BCUT2D eigenvalue weighted by Crippen LogP contribution is -2.53. The zero-order chi connectivity index (χ0) is 18.7. The summed E-state index contributed by atoms with van der Waals surface area (Å²) in [6.45, 7) is 10.7. The van der Waals surface area contributed by atoms with Crippen LogP contribution in [0.3, 0.4) is 0 Å². The van der Waals surface area contributed by atoms with E-state index in [2.05, 4.69) is 63.6 Å². The molecule has 27 heavy (non-hydrogen) atoms. The van der Waals surface area contributed by atoms with E-state index in [1.54, 1.807) is 11.3 Å². The van der Waals surface area contributed by atoms with E-state index in [-0.39, 0.29) is 5.54 Å². The molecule has 1 aromatic heterocycles. The Morgan fingerprint density at radius 1 is 1.07 bits per heavy atom. The van der Waals surface area contributed by atoms with Crippen molar-refractivity contribution in [1.82, 2.24) is 15.2 Å². The molecule has 2 aliphatic rings. The molecular formula is C22H32N4S. The number of anilines is 1. The van der Waals surface area contributed by atoms with Gasteiger partial charge >= 0.3 is 0 Å². The van der Waals surface area contributed by atoms with Gasteiger partial charge in [-0.2, -0.15) is 0 Å². The third kappa shape index (κ3) is 4.53. The van der Waals surface area contributed by atoms with Crippen LogP contribution < -0.4 is 10.2 Å². The van der Waals surface area contributed by atoms with E-state index < -0.39 is 0 Å². The largest absolute Gasteiger partial charge is 0.371 e. The molecule has 2 aliphatic heterocycles. The van der Waals surface area contributed by atoms with E-state index in [9.17, 15) is 0 Å². The maximum Gasteiger partial charge on any atom is 0.0811 e. The molecule has 3 heterocycles. The minimum Gasteiger partial charge on any atom is -0.371 e. The number of nitrogens with zero attached hydrogens (tertiary/aromatic N) is 3. The molecular weight excluding hydrogens is 352 g/mol. The highest BCUT2D eigenvalue weighted by atomic mass is 32.1. The molecule has 0 spiro atoms. The van der Waals surface area contributed by atoms with Gasteiger partial charge in [0.05, 0.1) is 11.2 Å². The van der Waals surface area contributed by atoms with E-state index in [1.165, 1.54) is 50.0 Å². The Hall–Kier alpha value is -1.43. The highest BCUT2D eigenvalue weighted by Crippen LogP contribution is 2.26. The van der Waals surface area contributed by atoms with Gasteiger partial charge in [0.2, 0.25) is 0 Å². The van der Waals surface area contributed by atoms with Gasteiger partial charge in [-0.15, -0.1) is 11.3 Å². The molecule has 4 rings (SSSR count). The molecule has 0 saturated carbocycles. The minimum absolute atomic E-state index is 0.277. The standard InChI is InChI=1S/C22H32N4S/c1-22(2,26-11-3-4-12-26)16-23-19-9-13-25(14-10-19)20-7-5-18(6-8-20)21-15-27-17-24-21/h5-8,15,17,19,23H,3-4,9-14,16H2,1-2H3. The van der Waals surface area contributed by atoms with Gasteiger partial charge in [0.1, 0.15) is 0 Å². The predicted molar refractivity (Wildman–Crippen MR) is 116 cm³/mol. The zero-order valence-corrected chi connectivity index (χ0v) is 17.5. The van der Waals surface area contributed by atoms with Gasteiger partial charge < -0.3 is 10.2 Å². The van der Waals surface area contributed by atoms with E-state index in [4.69, 9.17) is 0 Å². The molecule has 0 aliphatic carbocycles. The molecule has 2 saturated heterocycles. The van der Waals surface area contributed by atoms with Crippen molar-refractivity contribution in [3.05, 3.63) is 35.2 Å². The number of piperidine rings is 1. The minimum atomic E-state index is 0.277. The van der Waals surface area contributed by atoms with Gasteiger partial charge in [0.25, 0.3) is 0 Å². The van der Waals surface area contributed by atoms with Crippen LogP contribution in [0.1, 0.15) is 39.5 Å². The van der Waals surface area contributed by atoms with E-state index in [0.717, 1.165) is 25.3 Å². The lowest BCUT2D eigenvalue weighted by Gasteiger charge is -2.39. The summed E-state index contributed by atoms with van der Waals surface area (Å²) in [6, 6.07) is 9.55. The van der Waals surface area contributed by atoms with Gasteiger partial charge in [0, 0.05) is 47.8 Å². The lowest BCUT2D eigenvalue weighted by atomic mass is 9.99. The number of hydrogen-bond acceptors (Lipinski definition) is 5. The molecule has 5 heteroatoms. The van der Waals surface area contributed by atoms with Crippen LogP contribution in [0.2, 0.25) is 0 Å². The van der Waals surface area contributed by atoms with Crippen LogP contribution in [0.15, 0.2) is 35.2 Å². The molecule has 4 nitrogen and oxygen atoms in total. The molecule has 2 fully saturated rings. The molecule has 0 bridgehead atoms. The number of benzene rings is 1. The molecule has 1 N–H and O–H groups in total. The number of aromatic nitrogens is 1. The number of likely N-dealkylation sites (tertiary alicyclic amines) is 1.